The van der Waals surface area contributed by atoms with Gasteiger partial charge in [-0.05, 0) is 26.0 Å². The van der Waals surface area contributed by atoms with E-state index in [0.29, 0.717) is 0 Å². The summed E-state index contributed by atoms with van der Waals surface area (Å²) in [5, 5.41) is 22.7. The van der Waals surface area contributed by atoms with Crippen molar-refractivity contribution >= 4 is 12.1 Å². The molecule has 0 aliphatic carbocycles. The lowest BCUT2D eigenvalue weighted by Gasteiger charge is -2.11. The van der Waals surface area contributed by atoms with Crippen molar-refractivity contribution in [2.45, 2.75) is 20.0 Å². The molecule has 0 aromatic heterocycles. The zero-order valence-electron chi connectivity index (χ0n) is 9.75. The average Bonchev–Trinajstić information content (AvgIpc) is 2.14. The van der Waals surface area contributed by atoms with Crippen molar-refractivity contribution in [2.75, 3.05) is 0 Å². The van der Waals surface area contributed by atoms with Crippen molar-refractivity contribution in [3.63, 3.8) is 0 Å². The van der Waals surface area contributed by atoms with Crippen LogP contribution in [0.3, 0.4) is 0 Å². The smallest absolute Gasteiger partial charge is 0.490 e. The normalized spacial score (nSPS) is 9.33. The molecule has 1 aromatic carbocycles. The Balaban J connectivity index is 0.000000631. The molecule has 0 saturated heterocycles. The van der Waals surface area contributed by atoms with Gasteiger partial charge in [-0.3, -0.25) is 0 Å². The molecule has 3 N–H and O–H groups in total. The van der Waals surface area contributed by atoms with Gasteiger partial charge in [0.05, 0.1) is 6.10 Å². The SMILES string of the molecule is CC(C)Oc1cc(F)ccc1C(=O)O.O=C(O)O. The van der Waals surface area contributed by atoms with Crippen LogP contribution in [0.1, 0.15) is 24.2 Å². The van der Waals surface area contributed by atoms with Crippen LogP contribution < -0.4 is 4.74 Å². The largest absolute Gasteiger partial charge is 0.503 e. The lowest BCUT2D eigenvalue weighted by atomic mass is 10.2. The Hall–Kier alpha value is -2.31. The molecule has 6 nitrogen and oxygen atoms in total. The Kier molecular flexibility index (Phi) is 6.19. The topological polar surface area (TPSA) is 104 Å². The molecule has 0 saturated carbocycles. The van der Waals surface area contributed by atoms with Crippen LogP contribution in [0.25, 0.3) is 0 Å². The maximum atomic E-state index is 12.8. The second kappa shape index (κ2) is 7.10. The minimum atomic E-state index is -1.83. The van der Waals surface area contributed by atoms with Gasteiger partial charge in [0.1, 0.15) is 17.1 Å². The van der Waals surface area contributed by atoms with E-state index in [4.69, 9.17) is 24.9 Å². The maximum Gasteiger partial charge on any atom is 0.503 e. The maximum absolute atomic E-state index is 12.8. The third kappa shape index (κ3) is 6.31. The summed E-state index contributed by atoms with van der Waals surface area (Å²) in [5.41, 5.74) is -0.0277. The van der Waals surface area contributed by atoms with Crippen LogP contribution in [0, 0.1) is 5.82 Å². The summed E-state index contributed by atoms with van der Waals surface area (Å²) in [6, 6.07) is 3.36. The summed E-state index contributed by atoms with van der Waals surface area (Å²) in [5.74, 6) is -1.57. The molecule has 0 aliphatic rings. The molecule has 0 atom stereocenters. The number of ether oxygens (including phenoxy) is 1. The van der Waals surface area contributed by atoms with Crippen molar-refractivity contribution in [1.29, 1.82) is 0 Å². The van der Waals surface area contributed by atoms with E-state index < -0.39 is 17.9 Å². The van der Waals surface area contributed by atoms with Crippen molar-refractivity contribution in [1.82, 2.24) is 0 Å². The summed E-state index contributed by atoms with van der Waals surface area (Å²) in [4.78, 5) is 19.3. The number of benzene rings is 1. The Labute approximate surface area is 102 Å². The predicted molar refractivity (Wildman–Crippen MR) is 59.8 cm³/mol. The number of carboxylic acid groups (broad SMARTS) is 3. The Bertz CT molecular complexity index is 426. The van der Waals surface area contributed by atoms with Gasteiger partial charge in [-0.2, -0.15) is 0 Å². The van der Waals surface area contributed by atoms with Crippen molar-refractivity contribution < 1.29 is 34.0 Å². The van der Waals surface area contributed by atoms with Crippen LogP contribution in [-0.2, 0) is 0 Å². The average molecular weight is 260 g/mol. The third-order valence-electron chi connectivity index (χ3n) is 1.54. The molecule has 100 valence electrons. The second-order valence-electron chi connectivity index (χ2n) is 3.39. The minimum absolute atomic E-state index is 0.0277. The van der Waals surface area contributed by atoms with E-state index in [1.165, 1.54) is 6.07 Å². The fourth-order valence-electron chi connectivity index (χ4n) is 1.02. The van der Waals surface area contributed by atoms with E-state index in [1.807, 2.05) is 0 Å². The molecule has 0 radical (unpaired) electrons. The highest BCUT2D eigenvalue weighted by Crippen LogP contribution is 2.21. The first-order chi connectivity index (χ1) is 8.23. The molecule has 0 heterocycles. The fourth-order valence-corrected chi connectivity index (χ4v) is 1.02. The number of halogens is 1. The molecule has 18 heavy (non-hydrogen) atoms. The van der Waals surface area contributed by atoms with Crippen molar-refractivity contribution in [3.8, 4) is 5.75 Å². The highest BCUT2D eigenvalue weighted by atomic mass is 19.1. The molecule has 1 rings (SSSR count). The number of hydrogen-bond acceptors (Lipinski definition) is 3. The van der Waals surface area contributed by atoms with Gasteiger partial charge < -0.3 is 20.1 Å². The van der Waals surface area contributed by atoms with Crippen LogP contribution >= 0.6 is 0 Å². The molecule has 7 heteroatoms. The highest BCUT2D eigenvalue weighted by molar-refractivity contribution is 5.90. The Morgan fingerprint density at radius 2 is 1.72 bits per heavy atom. The van der Waals surface area contributed by atoms with E-state index in [-0.39, 0.29) is 17.4 Å². The lowest BCUT2D eigenvalue weighted by Crippen LogP contribution is -2.10. The van der Waals surface area contributed by atoms with Crippen LogP contribution in [0.2, 0.25) is 0 Å². The Morgan fingerprint density at radius 3 is 2.11 bits per heavy atom. The third-order valence-corrected chi connectivity index (χ3v) is 1.54. The second-order valence-corrected chi connectivity index (χ2v) is 3.39. The number of aromatic carboxylic acids is 1. The monoisotopic (exact) mass is 260 g/mol. The minimum Gasteiger partial charge on any atom is -0.490 e. The highest BCUT2D eigenvalue weighted by Gasteiger charge is 2.12. The van der Waals surface area contributed by atoms with Crippen LogP contribution in [-0.4, -0.2) is 33.5 Å². The van der Waals surface area contributed by atoms with Crippen LogP contribution in [0.15, 0.2) is 18.2 Å². The predicted octanol–water partition coefficient (Wildman–Crippen LogP) is 2.53. The zero-order chi connectivity index (χ0) is 14.3. The molecule has 0 bridgehead atoms. The van der Waals surface area contributed by atoms with E-state index >= 15 is 0 Å². The van der Waals surface area contributed by atoms with Crippen molar-refractivity contribution in [3.05, 3.63) is 29.6 Å². The van der Waals surface area contributed by atoms with Gasteiger partial charge in [0.15, 0.2) is 0 Å². The molecule has 0 fully saturated rings. The molecule has 1 aromatic rings. The summed E-state index contributed by atoms with van der Waals surface area (Å²) in [7, 11) is 0. The van der Waals surface area contributed by atoms with Gasteiger partial charge in [0, 0.05) is 6.07 Å². The molecule has 0 amide bonds. The van der Waals surface area contributed by atoms with Gasteiger partial charge in [-0.25, -0.2) is 14.0 Å². The summed E-state index contributed by atoms with van der Waals surface area (Å²) >= 11 is 0. The first-order valence-electron chi connectivity index (χ1n) is 4.85. The summed E-state index contributed by atoms with van der Waals surface area (Å²) in [6.45, 7) is 3.49. The first kappa shape index (κ1) is 15.7. The lowest BCUT2D eigenvalue weighted by molar-refractivity contribution is 0.0690. The number of hydrogen-bond donors (Lipinski definition) is 3. The summed E-state index contributed by atoms with van der Waals surface area (Å²) in [6.07, 6.45) is -2.02. The summed E-state index contributed by atoms with van der Waals surface area (Å²) < 4.78 is 18.0. The number of carboxylic acids is 1. The van der Waals surface area contributed by atoms with E-state index in [1.54, 1.807) is 13.8 Å². The number of carbonyl (C=O) groups is 2. The van der Waals surface area contributed by atoms with E-state index in [9.17, 15) is 9.18 Å². The van der Waals surface area contributed by atoms with E-state index in [2.05, 4.69) is 0 Å². The molecular formula is C11H13FO6. The Morgan fingerprint density at radius 1 is 1.22 bits per heavy atom. The number of rotatable bonds is 3. The van der Waals surface area contributed by atoms with Crippen LogP contribution in [0.4, 0.5) is 9.18 Å². The standard InChI is InChI=1S/C10H11FO3.CH2O3/c1-6(2)14-9-5-7(11)3-4-8(9)10(12)13;2-1(3)4/h3-6H,1-2H3,(H,12,13);(H2,2,3,4). The molecule has 0 spiro atoms. The first-order valence-corrected chi connectivity index (χ1v) is 4.85. The van der Waals surface area contributed by atoms with Crippen LogP contribution in [0.5, 0.6) is 5.75 Å². The fraction of sp³-hybridized carbons (Fsp3) is 0.273. The zero-order valence-corrected chi connectivity index (χ0v) is 9.75. The van der Waals surface area contributed by atoms with Gasteiger partial charge in [-0.15, -0.1) is 0 Å². The van der Waals surface area contributed by atoms with Crippen molar-refractivity contribution in [2.24, 2.45) is 0 Å². The molecule has 0 unspecified atom stereocenters. The quantitative estimate of drug-likeness (QED) is 0.771. The molecular weight excluding hydrogens is 247 g/mol. The van der Waals surface area contributed by atoms with Gasteiger partial charge in [0.2, 0.25) is 0 Å². The van der Waals surface area contributed by atoms with E-state index in [0.717, 1.165) is 12.1 Å². The molecule has 0 aliphatic heterocycles. The van der Waals surface area contributed by atoms with Gasteiger partial charge in [-0.1, -0.05) is 0 Å². The van der Waals surface area contributed by atoms with Gasteiger partial charge >= 0.3 is 12.1 Å². The van der Waals surface area contributed by atoms with Gasteiger partial charge in [0.25, 0.3) is 0 Å².